The van der Waals surface area contributed by atoms with Crippen molar-refractivity contribution in [1.82, 2.24) is 4.90 Å². The van der Waals surface area contributed by atoms with Gasteiger partial charge in [0.15, 0.2) is 0 Å². The minimum atomic E-state index is -0.745. The van der Waals surface area contributed by atoms with Crippen LogP contribution in [0.2, 0.25) is 0 Å². The number of nitrogens with zero attached hydrogens (tertiary/aromatic N) is 1. The fourth-order valence-corrected chi connectivity index (χ4v) is 3.54. The molecule has 1 amide bonds. The first-order valence-electron chi connectivity index (χ1n) is 8.27. The molecule has 1 atom stereocenters. The lowest BCUT2D eigenvalue weighted by atomic mass is 9.83. The van der Waals surface area contributed by atoms with Gasteiger partial charge >= 0.3 is 0 Å². The molecule has 3 rings (SSSR count). The Hall–Kier alpha value is -1.79. The van der Waals surface area contributed by atoms with Crippen molar-refractivity contribution in [2.24, 2.45) is 0 Å². The van der Waals surface area contributed by atoms with Crippen molar-refractivity contribution in [1.29, 1.82) is 0 Å². The highest BCUT2D eigenvalue weighted by atomic mass is 16.5. The average Bonchev–Trinajstić information content (AvgIpc) is 2.92. The third-order valence-corrected chi connectivity index (χ3v) is 5.10. The molecule has 1 aromatic carbocycles. The monoisotopic (exact) mass is 335 g/mol. The molecule has 2 fully saturated rings. The van der Waals surface area contributed by atoms with Gasteiger partial charge in [-0.15, -0.1) is 0 Å². The average molecular weight is 335 g/mol. The Bertz CT molecular complexity index is 626. The maximum Gasteiger partial charge on any atom is 0.227 e. The number of carbonyl (C=O) groups is 1. The van der Waals surface area contributed by atoms with Crippen LogP contribution in [0.3, 0.4) is 0 Å². The molecule has 1 aromatic rings. The van der Waals surface area contributed by atoms with Crippen molar-refractivity contribution in [3.63, 3.8) is 0 Å². The molecule has 132 valence electrons. The minimum Gasteiger partial charge on any atom is -0.497 e. The molecule has 1 unspecified atom stereocenters. The molecule has 24 heavy (non-hydrogen) atoms. The standard InChI is InChI=1S/C18H25NO5/c1-4-17(21)9-18(24-12-17)10-19(11-18)16(20)8-13-7-14(22-2)5-6-15(13)23-3/h5-7,21H,4,8-12H2,1-3H3. The van der Waals surface area contributed by atoms with Gasteiger partial charge in [-0.3, -0.25) is 4.79 Å². The van der Waals surface area contributed by atoms with Crippen LogP contribution in [0.25, 0.3) is 0 Å². The molecule has 2 aliphatic heterocycles. The van der Waals surface area contributed by atoms with Gasteiger partial charge in [0.2, 0.25) is 5.91 Å². The lowest BCUT2D eigenvalue weighted by molar-refractivity contribution is -0.157. The molecule has 2 heterocycles. The lowest BCUT2D eigenvalue weighted by Gasteiger charge is -2.47. The van der Waals surface area contributed by atoms with E-state index in [1.165, 1.54) is 0 Å². The van der Waals surface area contributed by atoms with Crippen LogP contribution in [0, 0.1) is 0 Å². The molecule has 1 spiro atoms. The van der Waals surface area contributed by atoms with E-state index in [-0.39, 0.29) is 17.9 Å². The van der Waals surface area contributed by atoms with Gasteiger partial charge in [0.25, 0.3) is 0 Å². The van der Waals surface area contributed by atoms with Gasteiger partial charge in [0.05, 0.1) is 45.9 Å². The number of hydrogen-bond donors (Lipinski definition) is 1. The van der Waals surface area contributed by atoms with Crippen molar-refractivity contribution < 1.29 is 24.1 Å². The highest BCUT2D eigenvalue weighted by Gasteiger charge is 2.55. The Balaban J connectivity index is 1.62. The summed E-state index contributed by atoms with van der Waals surface area (Å²) in [5, 5.41) is 10.3. The highest BCUT2D eigenvalue weighted by Crippen LogP contribution is 2.41. The normalized spacial score (nSPS) is 24.8. The predicted molar refractivity (Wildman–Crippen MR) is 88.4 cm³/mol. The zero-order valence-corrected chi connectivity index (χ0v) is 14.5. The third kappa shape index (κ3) is 3.08. The largest absolute Gasteiger partial charge is 0.497 e. The van der Waals surface area contributed by atoms with Crippen LogP contribution in [-0.2, 0) is 16.0 Å². The second kappa shape index (κ2) is 6.26. The van der Waals surface area contributed by atoms with Crippen LogP contribution in [0.1, 0.15) is 25.3 Å². The van der Waals surface area contributed by atoms with Gasteiger partial charge in [-0.1, -0.05) is 6.92 Å². The first-order chi connectivity index (χ1) is 11.4. The molecule has 2 saturated heterocycles. The molecule has 0 saturated carbocycles. The molecule has 0 aromatic heterocycles. The summed E-state index contributed by atoms with van der Waals surface area (Å²) in [5.41, 5.74) is -0.301. The van der Waals surface area contributed by atoms with E-state index in [4.69, 9.17) is 14.2 Å². The fourth-order valence-electron chi connectivity index (χ4n) is 3.54. The number of hydrogen-bond acceptors (Lipinski definition) is 5. The molecular weight excluding hydrogens is 310 g/mol. The van der Waals surface area contributed by atoms with Crippen LogP contribution in [0.15, 0.2) is 18.2 Å². The van der Waals surface area contributed by atoms with Crippen LogP contribution in [0.5, 0.6) is 11.5 Å². The second-order valence-corrected chi connectivity index (χ2v) is 6.83. The van der Waals surface area contributed by atoms with E-state index in [2.05, 4.69) is 0 Å². The fraction of sp³-hybridized carbons (Fsp3) is 0.611. The molecule has 0 radical (unpaired) electrons. The van der Waals surface area contributed by atoms with E-state index in [1.807, 2.05) is 19.1 Å². The van der Waals surface area contributed by atoms with Gasteiger partial charge in [0, 0.05) is 12.0 Å². The van der Waals surface area contributed by atoms with Gasteiger partial charge in [-0.25, -0.2) is 0 Å². The number of ether oxygens (including phenoxy) is 3. The quantitative estimate of drug-likeness (QED) is 0.881. The Morgan fingerprint density at radius 3 is 2.67 bits per heavy atom. The van der Waals surface area contributed by atoms with Gasteiger partial charge < -0.3 is 24.2 Å². The third-order valence-electron chi connectivity index (χ3n) is 5.10. The molecule has 0 bridgehead atoms. The Labute approximate surface area is 142 Å². The van der Waals surface area contributed by atoms with E-state index >= 15 is 0 Å². The van der Waals surface area contributed by atoms with E-state index in [9.17, 15) is 9.90 Å². The van der Waals surface area contributed by atoms with Crippen LogP contribution < -0.4 is 9.47 Å². The molecule has 2 aliphatic rings. The van der Waals surface area contributed by atoms with E-state index in [0.717, 1.165) is 5.56 Å². The topological polar surface area (TPSA) is 68.2 Å². The number of rotatable bonds is 5. The van der Waals surface area contributed by atoms with Gasteiger partial charge in [-0.05, 0) is 24.6 Å². The van der Waals surface area contributed by atoms with E-state index < -0.39 is 5.60 Å². The summed E-state index contributed by atoms with van der Waals surface area (Å²) in [7, 11) is 3.19. The van der Waals surface area contributed by atoms with Crippen molar-refractivity contribution in [3.8, 4) is 11.5 Å². The van der Waals surface area contributed by atoms with Crippen LogP contribution >= 0.6 is 0 Å². The maximum absolute atomic E-state index is 12.5. The minimum absolute atomic E-state index is 0.0303. The van der Waals surface area contributed by atoms with Gasteiger partial charge in [-0.2, -0.15) is 0 Å². The zero-order valence-electron chi connectivity index (χ0n) is 14.5. The zero-order chi connectivity index (χ0) is 17.4. The smallest absolute Gasteiger partial charge is 0.227 e. The summed E-state index contributed by atoms with van der Waals surface area (Å²) in [6.07, 6.45) is 1.53. The highest BCUT2D eigenvalue weighted by molar-refractivity contribution is 5.81. The number of carbonyl (C=O) groups excluding carboxylic acids is 1. The second-order valence-electron chi connectivity index (χ2n) is 6.83. The Morgan fingerprint density at radius 1 is 1.33 bits per heavy atom. The lowest BCUT2D eigenvalue weighted by Crippen LogP contribution is -2.64. The number of amides is 1. The van der Waals surface area contributed by atoms with Crippen LogP contribution in [-0.4, -0.2) is 61.0 Å². The van der Waals surface area contributed by atoms with Crippen molar-refractivity contribution >= 4 is 5.91 Å². The summed E-state index contributed by atoms with van der Waals surface area (Å²) in [6, 6.07) is 5.44. The number of likely N-dealkylation sites (tertiary alicyclic amines) is 1. The molecule has 6 heteroatoms. The Morgan fingerprint density at radius 2 is 2.08 bits per heavy atom. The summed E-state index contributed by atoms with van der Waals surface area (Å²) < 4.78 is 16.4. The first-order valence-corrected chi connectivity index (χ1v) is 8.27. The molecule has 1 N–H and O–H groups in total. The predicted octanol–water partition coefficient (Wildman–Crippen LogP) is 1.39. The molecular formula is C18H25NO5. The van der Waals surface area contributed by atoms with E-state index in [0.29, 0.717) is 44.0 Å². The summed E-state index contributed by atoms with van der Waals surface area (Å²) >= 11 is 0. The van der Waals surface area contributed by atoms with Crippen LogP contribution in [0.4, 0.5) is 0 Å². The summed E-state index contributed by atoms with van der Waals surface area (Å²) in [4.78, 5) is 14.3. The molecule has 0 aliphatic carbocycles. The first kappa shape index (κ1) is 17.0. The maximum atomic E-state index is 12.5. The number of aliphatic hydroxyl groups is 1. The van der Waals surface area contributed by atoms with Gasteiger partial charge in [0.1, 0.15) is 17.1 Å². The number of benzene rings is 1. The van der Waals surface area contributed by atoms with E-state index in [1.54, 1.807) is 25.2 Å². The van der Waals surface area contributed by atoms with Crippen molar-refractivity contribution in [2.45, 2.75) is 37.4 Å². The molecule has 6 nitrogen and oxygen atoms in total. The van der Waals surface area contributed by atoms with Crippen molar-refractivity contribution in [2.75, 3.05) is 33.9 Å². The SMILES string of the molecule is CCC1(O)COC2(CN(C(=O)Cc3cc(OC)ccc3OC)C2)C1. The van der Waals surface area contributed by atoms with Crippen molar-refractivity contribution in [3.05, 3.63) is 23.8 Å². The Kier molecular flexibility index (Phi) is 4.44. The number of methoxy groups -OCH3 is 2. The summed E-state index contributed by atoms with van der Waals surface area (Å²) in [6.45, 7) is 3.40. The summed E-state index contributed by atoms with van der Waals surface area (Å²) in [5.74, 6) is 1.41.